The number of carbonyl (C=O) groups excluding carboxylic acids is 2. The van der Waals surface area contributed by atoms with Crippen molar-refractivity contribution < 1.29 is 9.59 Å². The molecular formula is C10H10N2O2. The number of aromatic nitrogens is 1. The van der Waals surface area contributed by atoms with Crippen molar-refractivity contribution in [3.05, 3.63) is 35.7 Å². The highest BCUT2D eigenvalue weighted by Crippen LogP contribution is 2.01. The number of nitrogens with two attached hydrogens (primary N) is 1. The first kappa shape index (κ1) is 10.1. The first-order valence-electron chi connectivity index (χ1n) is 4.08. The first-order valence-corrected chi connectivity index (χ1v) is 4.08. The Hall–Kier alpha value is -1.97. The lowest BCUT2D eigenvalue weighted by atomic mass is 10.2. The molecule has 0 spiro atoms. The zero-order valence-electron chi connectivity index (χ0n) is 7.51. The Morgan fingerprint density at radius 1 is 1.57 bits per heavy atom. The van der Waals surface area contributed by atoms with Crippen LogP contribution in [0.3, 0.4) is 0 Å². The highest BCUT2D eigenvalue weighted by atomic mass is 16.1. The van der Waals surface area contributed by atoms with Crippen LogP contribution in [0.5, 0.6) is 0 Å². The van der Waals surface area contributed by atoms with Crippen LogP contribution in [0, 0.1) is 0 Å². The summed E-state index contributed by atoms with van der Waals surface area (Å²) in [4.78, 5) is 24.8. The highest BCUT2D eigenvalue weighted by molar-refractivity contribution is 5.77. The minimum atomic E-state index is -0.396. The van der Waals surface area contributed by atoms with Crippen LogP contribution >= 0.6 is 0 Å². The van der Waals surface area contributed by atoms with Gasteiger partial charge in [0.05, 0.1) is 5.69 Å². The van der Waals surface area contributed by atoms with Crippen LogP contribution in [0.2, 0.25) is 0 Å². The molecule has 0 bridgehead atoms. The molecule has 0 saturated heterocycles. The normalized spacial score (nSPS) is 10.3. The van der Waals surface area contributed by atoms with Crippen molar-refractivity contribution >= 4 is 18.3 Å². The topological polar surface area (TPSA) is 73.1 Å². The largest absolute Gasteiger partial charge is 0.369 e. The quantitative estimate of drug-likeness (QED) is 0.713. The second-order valence-corrected chi connectivity index (χ2v) is 2.70. The smallest absolute Gasteiger partial charge is 0.221 e. The van der Waals surface area contributed by atoms with E-state index >= 15 is 0 Å². The van der Waals surface area contributed by atoms with Gasteiger partial charge in [-0.2, -0.15) is 0 Å². The molecule has 0 atom stereocenters. The Bertz CT molecular complexity index is 372. The maximum atomic E-state index is 10.4. The van der Waals surface area contributed by atoms with Gasteiger partial charge in [-0.25, -0.2) is 0 Å². The Morgan fingerprint density at radius 2 is 2.36 bits per heavy atom. The van der Waals surface area contributed by atoms with Crippen LogP contribution in [0.4, 0.5) is 0 Å². The summed E-state index contributed by atoms with van der Waals surface area (Å²) in [5, 5.41) is 0. The zero-order valence-corrected chi connectivity index (χ0v) is 7.51. The van der Waals surface area contributed by atoms with Gasteiger partial charge in [-0.3, -0.25) is 14.6 Å². The number of hydrogen-bond donors (Lipinski definition) is 1. The summed E-state index contributed by atoms with van der Waals surface area (Å²) in [7, 11) is 0. The van der Waals surface area contributed by atoms with E-state index in [9.17, 15) is 9.59 Å². The molecule has 1 aromatic rings. The van der Waals surface area contributed by atoms with Crippen molar-refractivity contribution in [2.75, 3.05) is 0 Å². The van der Waals surface area contributed by atoms with Gasteiger partial charge in [-0.05, 0) is 18.2 Å². The number of primary amides is 1. The molecule has 0 aliphatic heterocycles. The van der Waals surface area contributed by atoms with Gasteiger partial charge in [0.25, 0.3) is 0 Å². The van der Waals surface area contributed by atoms with E-state index in [0.29, 0.717) is 11.3 Å². The number of nitrogens with zero attached hydrogens (tertiary/aromatic N) is 1. The average Bonchev–Trinajstić information content (AvgIpc) is 2.18. The Kier molecular flexibility index (Phi) is 3.55. The van der Waals surface area contributed by atoms with Crippen molar-refractivity contribution in [1.29, 1.82) is 0 Å². The predicted molar refractivity (Wildman–Crippen MR) is 52.5 cm³/mol. The van der Waals surface area contributed by atoms with Gasteiger partial charge in [0.2, 0.25) is 5.91 Å². The first-order chi connectivity index (χ1) is 6.72. The van der Waals surface area contributed by atoms with Gasteiger partial charge in [0.1, 0.15) is 6.29 Å². The van der Waals surface area contributed by atoms with Crippen LogP contribution in [-0.2, 0) is 4.79 Å². The van der Waals surface area contributed by atoms with E-state index in [1.165, 1.54) is 6.20 Å². The van der Waals surface area contributed by atoms with Crippen molar-refractivity contribution in [2.24, 2.45) is 5.73 Å². The molecule has 4 heteroatoms. The van der Waals surface area contributed by atoms with Crippen molar-refractivity contribution in [3.8, 4) is 0 Å². The number of rotatable bonds is 4. The molecule has 0 unspecified atom stereocenters. The third-order valence-electron chi connectivity index (χ3n) is 1.55. The number of pyridine rings is 1. The van der Waals surface area contributed by atoms with Crippen molar-refractivity contribution in [3.63, 3.8) is 0 Å². The Morgan fingerprint density at radius 3 is 3.00 bits per heavy atom. The Labute approximate surface area is 81.4 Å². The molecule has 2 N–H and O–H groups in total. The van der Waals surface area contributed by atoms with Gasteiger partial charge >= 0.3 is 0 Å². The summed E-state index contributed by atoms with van der Waals surface area (Å²) in [5.74, 6) is -0.396. The zero-order chi connectivity index (χ0) is 10.4. The summed E-state index contributed by atoms with van der Waals surface area (Å²) in [6.45, 7) is 0. The summed E-state index contributed by atoms with van der Waals surface area (Å²) >= 11 is 0. The molecule has 1 amide bonds. The van der Waals surface area contributed by atoms with Gasteiger partial charge in [0.15, 0.2) is 0 Å². The number of amides is 1. The van der Waals surface area contributed by atoms with E-state index in [2.05, 4.69) is 4.98 Å². The SMILES string of the molecule is NC(=O)CC=Cc1cc(C=O)ccn1. The van der Waals surface area contributed by atoms with Crippen LogP contribution in [0.25, 0.3) is 6.08 Å². The maximum absolute atomic E-state index is 10.4. The summed E-state index contributed by atoms with van der Waals surface area (Å²) in [5.41, 5.74) is 6.14. The molecule has 1 heterocycles. The Balaban J connectivity index is 2.71. The van der Waals surface area contributed by atoms with Gasteiger partial charge in [0, 0.05) is 18.2 Å². The van der Waals surface area contributed by atoms with E-state index in [1.54, 1.807) is 24.3 Å². The van der Waals surface area contributed by atoms with E-state index < -0.39 is 5.91 Å². The lowest BCUT2D eigenvalue weighted by Crippen LogP contribution is -2.07. The van der Waals surface area contributed by atoms with Gasteiger partial charge < -0.3 is 5.73 Å². The number of carbonyl (C=O) groups is 2. The number of hydrogen-bond acceptors (Lipinski definition) is 3. The third-order valence-corrected chi connectivity index (χ3v) is 1.55. The predicted octanol–water partition coefficient (Wildman–Crippen LogP) is 0.783. The monoisotopic (exact) mass is 190 g/mol. The van der Waals surface area contributed by atoms with Gasteiger partial charge in [-0.15, -0.1) is 0 Å². The molecule has 72 valence electrons. The van der Waals surface area contributed by atoms with Crippen LogP contribution in [0.15, 0.2) is 24.4 Å². The maximum Gasteiger partial charge on any atom is 0.221 e. The average molecular weight is 190 g/mol. The molecule has 14 heavy (non-hydrogen) atoms. The third kappa shape index (κ3) is 3.18. The molecule has 1 aromatic heterocycles. The van der Waals surface area contributed by atoms with Gasteiger partial charge in [-0.1, -0.05) is 6.08 Å². The summed E-state index contributed by atoms with van der Waals surface area (Å²) in [6.07, 6.45) is 5.71. The van der Waals surface area contributed by atoms with Crippen LogP contribution in [-0.4, -0.2) is 17.2 Å². The fourth-order valence-corrected chi connectivity index (χ4v) is 0.926. The summed E-state index contributed by atoms with van der Waals surface area (Å²) in [6, 6.07) is 3.24. The summed E-state index contributed by atoms with van der Waals surface area (Å²) < 4.78 is 0. The van der Waals surface area contributed by atoms with Crippen LogP contribution < -0.4 is 5.73 Å². The lowest BCUT2D eigenvalue weighted by Gasteiger charge is -1.93. The second-order valence-electron chi connectivity index (χ2n) is 2.70. The second kappa shape index (κ2) is 4.91. The molecule has 1 rings (SSSR count). The number of aldehydes is 1. The molecular weight excluding hydrogens is 180 g/mol. The molecule has 0 aliphatic carbocycles. The fourth-order valence-electron chi connectivity index (χ4n) is 0.926. The van der Waals surface area contributed by atoms with Crippen LogP contribution in [0.1, 0.15) is 22.5 Å². The minimum Gasteiger partial charge on any atom is -0.369 e. The minimum absolute atomic E-state index is 0.174. The standard InChI is InChI=1S/C10H10N2O2/c11-10(14)3-1-2-9-6-8(7-13)4-5-12-9/h1-2,4-7H,3H2,(H2,11,14). The highest BCUT2D eigenvalue weighted by Gasteiger charge is 1.92. The molecule has 0 aliphatic rings. The van der Waals surface area contributed by atoms with Crippen molar-refractivity contribution in [1.82, 2.24) is 4.98 Å². The van der Waals surface area contributed by atoms with E-state index in [1.807, 2.05) is 0 Å². The molecule has 0 saturated carbocycles. The molecule has 0 aromatic carbocycles. The molecule has 4 nitrogen and oxygen atoms in total. The van der Waals surface area contributed by atoms with E-state index in [0.717, 1.165) is 6.29 Å². The van der Waals surface area contributed by atoms with E-state index in [-0.39, 0.29) is 6.42 Å². The molecule has 0 fully saturated rings. The molecule has 0 radical (unpaired) electrons. The van der Waals surface area contributed by atoms with E-state index in [4.69, 9.17) is 5.73 Å². The lowest BCUT2D eigenvalue weighted by molar-refractivity contribution is -0.117. The van der Waals surface area contributed by atoms with Crippen molar-refractivity contribution in [2.45, 2.75) is 6.42 Å². The fraction of sp³-hybridized carbons (Fsp3) is 0.100.